The Hall–Kier alpha value is -2.07. The van der Waals surface area contributed by atoms with E-state index in [2.05, 4.69) is 16.4 Å². The number of ether oxygens (including phenoxy) is 2. The molecular formula is C14H9NO2S. The van der Waals surface area contributed by atoms with Gasteiger partial charge >= 0.3 is 0 Å². The summed E-state index contributed by atoms with van der Waals surface area (Å²) in [5, 5.41) is 3.24. The Morgan fingerprint density at radius 1 is 1.06 bits per heavy atom. The van der Waals surface area contributed by atoms with Crippen LogP contribution < -0.4 is 9.47 Å². The van der Waals surface area contributed by atoms with Crippen LogP contribution in [-0.2, 0) is 0 Å². The fourth-order valence-corrected chi connectivity index (χ4v) is 3.12. The van der Waals surface area contributed by atoms with Crippen LogP contribution in [0.15, 0.2) is 42.0 Å². The van der Waals surface area contributed by atoms with Crippen LogP contribution in [0.1, 0.15) is 0 Å². The van der Waals surface area contributed by atoms with Crippen molar-refractivity contribution in [2.24, 2.45) is 0 Å². The Kier molecular flexibility index (Phi) is 2.04. The van der Waals surface area contributed by atoms with Gasteiger partial charge in [-0.3, -0.25) is 4.98 Å². The number of hydrogen-bond donors (Lipinski definition) is 0. The molecule has 0 unspecified atom stereocenters. The molecule has 1 aliphatic rings. The van der Waals surface area contributed by atoms with Crippen LogP contribution in [0.5, 0.6) is 11.5 Å². The lowest BCUT2D eigenvalue weighted by molar-refractivity contribution is 0.174. The number of benzene rings is 1. The Morgan fingerprint density at radius 3 is 3.06 bits per heavy atom. The molecule has 4 rings (SSSR count). The molecule has 0 spiro atoms. The molecule has 0 fully saturated rings. The monoisotopic (exact) mass is 255 g/mol. The summed E-state index contributed by atoms with van der Waals surface area (Å²) in [6, 6.07) is 8.03. The zero-order valence-electron chi connectivity index (χ0n) is 9.42. The maximum atomic E-state index is 5.56. The van der Waals surface area contributed by atoms with Gasteiger partial charge in [0.2, 0.25) is 6.79 Å². The molecule has 3 nitrogen and oxygen atoms in total. The third-order valence-electron chi connectivity index (χ3n) is 3.04. The standard InChI is InChI=1S/C14H9NO2S/c1-2-10(13-12(3-1)16-8-17-13)11-7-15-6-9-4-5-18-14(9)11/h1-7H,8H2. The predicted octanol–water partition coefficient (Wildman–Crippen LogP) is 3.69. The molecule has 0 N–H and O–H groups in total. The Bertz CT molecular complexity index is 735. The summed E-state index contributed by atoms with van der Waals surface area (Å²) in [5.41, 5.74) is 2.15. The van der Waals surface area contributed by atoms with Crippen molar-refractivity contribution in [3.63, 3.8) is 0 Å². The van der Waals surface area contributed by atoms with E-state index in [1.54, 1.807) is 11.3 Å². The second kappa shape index (κ2) is 3.71. The molecule has 1 aliphatic heterocycles. The Balaban J connectivity index is 2.03. The minimum atomic E-state index is 0.292. The van der Waals surface area contributed by atoms with E-state index in [-0.39, 0.29) is 0 Å². The van der Waals surface area contributed by atoms with Crippen LogP contribution in [0.3, 0.4) is 0 Å². The summed E-state index contributed by atoms with van der Waals surface area (Å²) in [4.78, 5) is 4.30. The van der Waals surface area contributed by atoms with Crippen molar-refractivity contribution in [1.82, 2.24) is 4.98 Å². The molecule has 0 bridgehead atoms. The zero-order valence-corrected chi connectivity index (χ0v) is 10.2. The molecule has 0 amide bonds. The van der Waals surface area contributed by atoms with Crippen LogP contribution in [0.25, 0.3) is 21.2 Å². The molecule has 3 aromatic rings. The third-order valence-corrected chi connectivity index (χ3v) is 4.01. The van der Waals surface area contributed by atoms with Crippen LogP contribution in [0.2, 0.25) is 0 Å². The summed E-state index contributed by atoms with van der Waals surface area (Å²) in [7, 11) is 0. The van der Waals surface area contributed by atoms with Gasteiger partial charge < -0.3 is 9.47 Å². The van der Waals surface area contributed by atoms with Crippen LogP contribution in [-0.4, -0.2) is 11.8 Å². The lowest BCUT2D eigenvalue weighted by Crippen LogP contribution is -1.93. The first-order valence-electron chi connectivity index (χ1n) is 5.64. The fraction of sp³-hybridized carbons (Fsp3) is 0.0714. The number of aromatic nitrogens is 1. The quantitative estimate of drug-likeness (QED) is 0.664. The van der Waals surface area contributed by atoms with E-state index in [1.165, 1.54) is 4.70 Å². The Morgan fingerprint density at radius 2 is 2.06 bits per heavy atom. The van der Waals surface area contributed by atoms with E-state index in [1.807, 2.05) is 30.6 Å². The molecule has 18 heavy (non-hydrogen) atoms. The van der Waals surface area contributed by atoms with E-state index in [4.69, 9.17) is 9.47 Å². The van der Waals surface area contributed by atoms with Gasteiger partial charge in [0.15, 0.2) is 11.5 Å². The first-order chi connectivity index (χ1) is 8.93. The van der Waals surface area contributed by atoms with Gasteiger partial charge in [-0.05, 0) is 17.5 Å². The molecule has 1 aromatic carbocycles. The minimum Gasteiger partial charge on any atom is -0.454 e. The highest BCUT2D eigenvalue weighted by Crippen LogP contribution is 2.43. The summed E-state index contributed by atoms with van der Waals surface area (Å²) in [6.07, 6.45) is 3.77. The molecular weight excluding hydrogens is 246 g/mol. The normalized spacial score (nSPS) is 13.1. The molecule has 2 aromatic heterocycles. The molecule has 3 heterocycles. The molecule has 0 radical (unpaired) electrons. The molecule has 0 atom stereocenters. The van der Waals surface area contributed by atoms with Gasteiger partial charge in [-0.15, -0.1) is 11.3 Å². The number of hydrogen-bond acceptors (Lipinski definition) is 4. The zero-order chi connectivity index (χ0) is 11.9. The first kappa shape index (κ1) is 9.91. The van der Waals surface area contributed by atoms with Gasteiger partial charge in [-0.1, -0.05) is 12.1 Å². The largest absolute Gasteiger partial charge is 0.454 e. The van der Waals surface area contributed by atoms with E-state index < -0.39 is 0 Å². The number of pyridine rings is 1. The van der Waals surface area contributed by atoms with Gasteiger partial charge in [0.25, 0.3) is 0 Å². The molecule has 4 heteroatoms. The van der Waals surface area contributed by atoms with E-state index in [0.717, 1.165) is 28.0 Å². The van der Waals surface area contributed by atoms with E-state index >= 15 is 0 Å². The van der Waals surface area contributed by atoms with Crippen LogP contribution >= 0.6 is 11.3 Å². The number of nitrogens with zero attached hydrogens (tertiary/aromatic N) is 1. The third kappa shape index (κ3) is 1.32. The number of thiophene rings is 1. The van der Waals surface area contributed by atoms with E-state index in [9.17, 15) is 0 Å². The van der Waals surface area contributed by atoms with Crippen molar-refractivity contribution in [1.29, 1.82) is 0 Å². The van der Waals surface area contributed by atoms with Crippen molar-refractivity contribution in [2.75, 3.05) is 6.79 Å². The summed E-state index contributed by atoms with van der Waals surface area (Å²) in [5.74, 6) is 1.63. The molecule has 0 saturated carbocycles. The lowest BCUT2D eigenvalue weighted by atomic mass is 10.1. The highest BCUT2D eigenvalue weighted by molar-refractivity contribution is 7.17. The highest BCUT2D eigenvalue weighted by atomic mass is 32.1. The summed E-state index contributed by atoms with van der Waals surface area (Å²) < 4.78 is 12.2. The first-order valence-corrected chi connectivity index (χ1v) is 6.51. The van der Waals surface area contributed by atoms with Crippen molar-refractivity contribution in [2.45, 2.75) is 0 Å². The van der Waals surface area contributed by atoms with Crippen molar-refractivity contribution >= 4 is 21.4 Å². The Labute approximate surface area is 108 Å². The van der Waals surface area contributed by atoms with Gasteiger partial charge in [-0.2, -0.15) is 0 Å². The summed E-state index contributed by atoms with van der Waals surface area (Å²) in [6.45, 7) is 0.292. The number of fused-ring (bicyclic) bond motifs is 2. The van der Waals surface area contributed by atoms with Gasteiger partial charge in [0.1, 0.15) is 0 Å². The lowest BCUT2D eigenvalue weighted by Gasteiger charge is -2.06. The van der Waals surface area contributed by atoms with Gasteiger partial charge in [0, 0.05) is 33.6 Å². The minimum absolute atomic E-state index is 0.292. The highest BCUT2D eigenvalue weighted by Gasteiger charge is 2.19. The average molecular weight is 255 g/mol. The van der Waals surface area contributed by atoms with E-state index in [0.29, 0.717) is 6.79 Å². The predicted molar refractivity (Wildman–Crippen MR) is 71.2 cm³/mol. The fourth-order valence-electron chi connectivity index (χ4n) is 2.22. The second-order valence-corrected chi connectivity index (χ2v) is 4.98. The average Bonchev–Trinajstić information content (AvgIpc) is 3.06. The van der Waals surface area contributed by atoms with Crippen molar-refractivity contribution in [3.8, 4) is 22.6 Å². The summed E-state index contributed by atoms with van der Waals surface area (Å²) >= 11 is 1.72. The maximum Gasteiger partial charge on any atom is 0.231 e. The molecule has 88 valence electrons. The van der Waals surface area contributed by atoms with Gasteiger partial charge in [0.05, 0.1) is 0 Å². The van der Waals surface area contributed by atoms with Crippen molar-refractivity contribution in [3.05, 3.63) is 42.0 Å². The topological polar surface area (TPSA) is 31.4 Å². The maximum absolute atomic E-state index is 5.56. The second-order valence-electron chi connectivity index (χ2n) is 4.07. The van der Waals surface area contributed by atoms with Crippen LogP contribution in [0.4, 0.5) is 0 Å². The number of rotatable bonds is 1. The smallest absolute Gasteiger partial charge is 0.231 e. The number of para-hydroxylation sites is 1. The molecule has 0 aliphatic carbocycles. The van der Waals surface area contributed by atoms with Crippen LogP contribution in [0, 0.1) is 0 Å². The van der Waals surface area contributed by atoms with Gasteiger partial charge in [-0.25, -0.2) is 0 Å². The molecule has 0 saturated heterocycles. The SMILES string of the molecule is c1cc2c(c(-c3cncc4ccsc34)c1)OCO2. The van der Waals surface area contributed by atoms with Crippen molar-refractivity contribution < 1.29 is 9.47 Å².